The summed E-state index contributed by atoms with van der Waals surface area (Å²) in [5.74, 6) is -0.803. The third-order valence-electron chi connectivity index (χ3n) is 3.28. The van der Waals surface area contributed by atoms with Crippen LogP contribution in [-0.2, 0) is 17.8 Å². The number of hydrogen-bond donors (Lipinski definition) is 2. The molecule has 0 bridgehead atoms. The van der Waals surface area contributed by atoms with E-state index in [1.165, 1.54) is 12.8 Å². The molecule has 0 atom stereocenters. The molecule has 1 fully saturated rings. The van der Waals surface area contributed by atoms with Crippen LogP contribution < -0.4 is 0 Å². The van der Waals surface area contributed by atoms with Gasteiger partial charge >= 0.3 is 5.97 Å². The molecule has 1 aliphatic carbocycles. The lowest BCUT2D eigenvalue weighted by molar-refractivity contribution is -0.136. The first-order valence-electron chi connectivity index (χ1n) is 6.34. The van der Waals surface area contributed by atoms with Gasteiger partial charge in [-0.2, -0.15) is 0 Å². The van der Waals surface area contributed by atoms with E-state index in [2.05, 4.69) is 4.90 Å². The van der Waals surface area contributed by atoms with Crippen molar-refractivity contribution in [3.63, 3.8) is 0 Å². The summed E-state index contributed by atoms with van der Waals surface area (Å²) < 4.78 is 0. The number of carboxylic acid groups (broad SMARTS) is 1. The van der Waals surface area contributed by atoms with Crippen molar-refractivity contribution >= 4 is 5.97 Å². The van der Waals surface area contributed by atoms with Crippen LogP contribution in [0.15, 0.2) is 24.3 Å². The summed E-state index contributed by atoms with van der Waals surface area (Å²) in [6.45, 7) is 1.54. The van der Waals surface area contributed by atoms with Gasteiger partial charge in [-0.1, -0.05) is 24.3 Å². The average molecular weight is 249 g/mol. The van der Waals surface area contributed by atoms with Gasteiger partial charge < -0.3 is 10.2 Å². The van der Waals surface area contributed by atoms with E-state index in [4.69, 9.17) is 10.2 Å². The molecule has 98 valence electrons. The summed E-state index contributed by atoms with van der Waals surface area (Å²) in [6, 6.07) is 8.22. The Labute approximate surface area is 107 Å². The van der Waals surface area contributed by atoms with Crippen LogP contribution in [0.5, 0.6) is 0 Å². The maximum absolute atomic E-state index is 10.8. The van der Waals surface area contributed by atoms with Crippen molar-refractivity contribution in [3.8, 4) is 0 Å². The molecule has 0 radical (unpaired) electrons. The summed E-state index contributed by atoms with van der Waals surface area (Å²) >= 11 is 0. The lowest BCUT2D eigenvalue weighted by Crippen LogP contribution is -2.29. The van der Waals surface area contributed by atoms with E-state index in [0.29, 0.717) is 12.6 Å². The zero-order valence-corrected chi connectivity index (χ0v) is 10.4. The number of aliphatic carboxylic acids is 1. The van der Waals surface area contributed by atoms with E-state index in [9.17, 15) is 4.79 Å². The van der Waals surface area contributed by atoms with Gasteiger partial charge in [0.2, 0.25) is 0 Å². The predicted octanol–water partition coefficient (Wildman–Crippen LogP) is 1.27. The molecule has 0 unspecified atom stereocenters. The van der Waals surface area contributed by atoms with Gasteiger partial charge in [-0.15, -0.1) is 0 Å². The largest absolute Gasteiger partial charge is 0.481 e. The predicted molar refractivity (Wildman–Crippen MR) is 68.3 cm³/mol. The molecular weight excluding hydrogens is 230 g/mol. The lowest BCUT2D eigenvalue weighted by Gasteiger charge is -2.22. The Morgan fingerprint density at radius 2 is 1.94 bits per heavy atom. The van der Waals surface area contributed by atoms with Gasteiger partial charge in [0.15, 0.2) is 0 Å². The zero-order chi connectivity index (χ0) is 13.0. The van der Waals surface area contributed by atoms with E-state index in [-0.39, 0.29) is 13.0 Å². The van der Waals surface area contributed by atoms with Gasteiger partial charge in [0.25, 0.3) is 0 Å². The Morgan fingerprint density at radius 3 is 2.50 bits per heavy atom. The van der Waals surface area contributed by atoms with Crippen LogP contribution in [-0.4, -0.2) is 40.3 Å². The molecule has 4 nitrogen and oxygen atoms in total. The van der Waals surface area contributed by atoms with Gasteiger partial charge in [-0.25, -0.2) is 0 Å². The minimum Gasteiger partial charge on any atom is -0.481 e. The van der Waals surface area contributed by atoms with Gasteiger partial charge in [-0.05, 0) is 24.0 Å². The number of rotatable bonds is 7. The molecule has 1 aromatic carbocycles. The van der Waals surface area contributed by atoms with Gasteiger partial charge in [0, 0.05) is 19.1 Å². The van der Waals surface area contributed by atoms with Crippen molar-refractivity contribution in [1.82, 2.24) is 4.90 Å². The Hall–Kier alpha value is -1.39. The number of carbonyl (C=O) groups is 1. The van der Waals surface area contributed by atoms with Gasteiger partial charge in [-0.3, -0.25) is 9.69 Å². The third kappa shape index (κ3) is 3.55. The fraction of sp³-hybridized carbons (Fsp3) is 0.500. The molecule has 2 rings (SSSR count). The summed E-state index contributed by atoms with van der Waals surface area (Å²) in [5, 5.41) is 18.0. The van der Waals surface area contributed by atoms with Crippen molar-refractivity contribution in [2.24, 2.45) is 0 Å². The highest BCUT2D eigenvalue weighted by Crippen LogP contribution is 2.28. The number of aliphatic hydroxyl groups excluding tert-OH is 1. The molecule has 2 N–H and O–H groups in total. The lowest BCUT2D eigenvalue weighted by atomic mass is 10.0. The SMILES string of the molecule is O=C(O)Cc1ccccc1CN(CCO)C1CC1. The summed E-state index contributed by atoms with van der Waals surface area (Å²) in [6.07, 6.45) is 2.43. The number of hydrogen-bond acceptors (Lipinski definition) is 3. The first-order valence-corrected chi connectivity index (χ1v) is 6.34. The topological polar surface area (TPSA) is 60.8 Å². The Morgan fingerprint density at radius 1 is 1.28 bits per heavy atom. The van der Waals surface area contributed by atoms with Crippen LogP contribution in [0.2, 0.25) is 0 Å². The van der Waals surface area contributed by atoms with Crippen LogP contribution in [0.4, 0.5) is 0 Å². The van der Waals surface area contributed by atoms with Crippen LogP contribution >= 0.6 is 0 Å². The highest BCUT2D eigenvalue weighted by Gasteiger charge is 2.28. The second-order valence-corrected chi connectivity index (χ2v) is 4.76. The highest BCUT2D eigenvalue weighted by molar-refractivity contribution is 5.70. The van der Waals surface area contributed by atoms with E-state index < -0.39 is 5.97 Å². The van der Waals surface area contributed by atoms with Crippen molar-refractivity contribution in [2.75, 3.05) is 13.2 Å². The molecule has 1 aromatic rings. The van der Waals surface area contributed by atoms with Crippen molar-refractivity contribution in [2.45, 2.75) is 31.8 Å². The van der Waals surface area contributed by atoms with E-state index in [1.54, 1.807) is 0 Å². The second-order valence-electron chi connectivity index (χ2n) is 4.76. The second kappa shape index (κ2) is 5.98. The van der Waals surface area contributed by atoms with Gasteiger partial charge in [0.1, 0.15) is 0 Å². The number of carboxylic acids is 1. The molecule has 0 aromatic heterocycles. The van der Waals surface area contributed by atoms with Crippen molar-refractivity contribution in [1.29, 1.82) is 0 Å². The molecule has 0 aliphatic heterocycles. The summed E-state index contributed by atoms with van der Waals surface area (Å²) in [4.78, 5) is 13.1. The monoisotopic (exact) mass is 249 g/mol. The molecule has 0 saturated heterocycles. The van der Waals surface area contributed by atoms with Gasteiger partial charge in [0.05, 0.1) is 13.0 Å². The van der Waals surface area contributed by atoms with Crippen LogP contribution in [0.1, 0.15) is 24.0 Å². The van der Waals surface area contributed by atoms with Crippen LogP contribution in [0, 0.1) is 0 Å². The van der Waals surface area contributed by atoms with E-state index in [1.807, 2.05) is 24.3 Å². The fourth-order valence-corrected chi connectivity index (χ4v) is 2.22. The van der Waals surface area contributed by atoms with Crippen LogP contribution in [0.3, 0.4) is 0 Å². The molecular formula is C14H19NO3. The average Bonchev–Trinajstić information content (AvgIpc) is 3.14. The molecule has 0 spiro atoms. The van der Waals surface area contributed by atoms with Crippen LogP contribution in [0.25, 0.3) is 0 Å². The first-order chi connectivity index (χ1) is 8.70. The number of benzene rings is 1. The molecule has 1 aliphatic rings. The zero-order valence-electron chi connectivity index (χ0n) is 10.4. The van der Waals surface area contributed by atoms with E-state index in [0.717, 1.165) is 17.7 Å². The smallest absolute Gasteiger partial charge is 0.307 e. The number of aliphatic hydroxyl groups is 1. The summed E-state index contributed by atoms with van der Waals surface area (Å²) in [5.41, 5.74) is 1.92. The highest BCUT2D eigenvalue weighted by atomic mass is 16.4. The minimum atomic E-state index is -0.803. The molecule has 0 amide bonds. The molecule has 18 heavy (non-hydrogen) atoms. The Bertz CT molecular complexity index is 415. The maximum Gasteiger partial charge on any atom is 0.307 e. The molecule has 4 heteroatoms. The van der Waals surface area contributed by atoms with Crippen molar-refractivity contribution < 1.29 is 15.0 Å². The standard InChI is InChI=1S/C14H19NO3/c16-8-7-15(13-5-6-13)10-12-4-2-1-3-11(12)9-14(17)18/h1-4,13,16H,5-10H2,(H,17,18). The Balaban J connectivity index is 2.08. The molecule has 1 saturated carbocycles. The quantitative estimate of drug-likeness (QED) is 0.764. The Kier molecular flexibility index (Phi) is 4.33. The van der Waals surface area contributed by atoms with Crippen molar-refractivity contribution in [3.05, 3.63) is 35.4 Å². The minimum absolute atomic E-state index is 0.0633. The maximum atomic E-state index is 10.8. The third-order valence-corrected chi connectivity index (χ3v) is 3.28. The fourth-order valence-electron chi connectivity index (χ4n) is 2.22. The normalized spacial score (nSPS) is 15.0. The number of nitrogens with zero attached hydrogens (tertiary/aromatic N) is 1. The van der Waals surface area contributed by atoms with E-state index >= 15 is 0 Å². The first kappa shape index (κ1) is 13.1. The summed E-state index contributed by atoms with van der Waals surface area (Å²) in [7, 11) is 0. The molecule has 0 heterocycles.